The molecule has 6 heteroatoms. The maximum Gasteiger partial charge on any atom is 0.240 e. The Morgan fingerprint density at radius 3 is 2.65 bits per heavy atom. The number of nitrogens with two attached hydrogens (primary N) is 1. The molecule has 4 nitrogen and oxygen atoms in total. The quantitative estimate of drug-likeness (QED) is 0.811. The van der Waals surface area contributed by atoms with E-state index in [1.807, 2.05) is 13.8 Å². The summed E-state index contributed by atoms with van der Waals surface area (Å²) in [4.78, 5) is 0.141. The number of hydrogen-bond donors (Lipinski definition) is 2. The third kappa shape index (κ3) is 3.87. The number of hydrogen-bond acceptors (Lipinski definition) is 3. The van der Waals surface area contributed by atoms with Crippen molar-refractivity contribution in [2.45, 2.75) is 37.6 Å². The van der Waals surface area contributed by atoms with Crippen molar-refractivity contribution in [3.8, 4) is 0 Å². The van der Waals surface area contributed by atoms with Crippen LogP contribution in [0, 0.1) is 0 Å². The summed E-state index contributed by atoms with van der Waals surface area (Å²) in [6, 6.07) is 4.20. The smallest absolute Gasteiger partial charge is 0.240 e. The van der Waals surface area contributed by atoms with Crippen LogP contribution in [0.4, 0.5) is 5.69 Å². The van der Waals surface area contributed by atoms with Gasteiger partial charge in [-0.3, -0.25) is 0 Å². The van der Waals surface area contributed by atoms with E-state index in [0.717, 1.165) is 12.8 Å². The minimum atomic E-state index is -3.51. The highest BCUT2D eigenvalue weighted by molar-refractivity contribution is 7.89. The van der Waals surface area contributed by atoms with Crippen molar-refractivity contribution >= 4 is 27.3 Å². The summed E-state index contributed by atoms with van der Waals surface area (Å²) >= 11 is 5.75. The van der Waals surface area contributed by atoms with E-state index in [2.05, 4.69) is 4.72 Å². The number of nitrogen functional groups attached to an aromatic ring is 1. The molecule has 96 valence electrons. The first kappa shape index (κ1) is 14.3. The molecule has 3 N–H and O–H groups in total. The fourth-order valence-electron chi connectivity index (χ4n) is 1.51. The lowest BCUT2D eigenvalue weighted by molar-refractivity contribution is 0.544. The van der Waals surface area contributed by atoms with Gasteiger partial charge in [-0.05, 0) is 31.5 Å². The Kier molecular flexibility index (Phi) is 4.80. The molecule has 0 heterocycles. The van der Waals surface area contributed by atoms with Crippen LogP contribution in [0.15, 0.2) is 23.1 Å². The van der Waals surface area contributed by atoms with Gasteiger partial charge in [0.05, 0.1) is 15.6 Å². The molecular formula is C11H17ClN2O2S. The van der Waals surface area contributed by atoms with Gasteiger partial charge in [0, 0.05) is 6.04 Å². The monoisotopic (exact) mass is 276 g/mol. The Morgan fingerprint density at radius 1 is 1.47 bits per heavy atom. The number of benzene rings is 1. The van der Waals surface area contributed by atoms with Crippen LogP contribution in [0.5, 0.6) is 0 Å². The molecule has 1 aromatic rings. The standard InChI is InChI=1S/C11H17ClN2O2S/c1-3-4-8(2)14-17(15,16)9-5-6-10(12)11(13)7-9/h5-8,14H,3-4,13H2,1-2H3. The summed E-state index contributed by atoms with van der Waals surface area (Å²) in [6.45, 7) is 3.84. The van der Waals surface area contributed by atoms with E-state index in [0.29, 0.717) is 5.02 Å². The van der Waals surface area contributed by atoms with Crippen molar-refractivity contribution in [3.63, 3.8) is 0 Å². The minimum Gasteiger partial charge on any atom is -0.397 e. The van der Waals surface area contributed by atoms with Gasteiger partial charge in [0.15, 0.2) is 0 Å². The molecule has 0 aliphatic heterocycles. The first-order valence-corrected chi connectivity index (χ1v) is 7.30. The Labute approximate surface area is 107 Å². The van der Waals surface area contributed by atoms with Gasteiger partial charge in [0.25, 0.3) is 0 Å². The number of sulfonamides is 1. The van der Waals surface area contributed by atoms with Crippen LogP contribution < -0.4 is 10.5 Å². The van der Waals surface area contributed by atoms with Crippen LogP contribution in [-0.2, 0) is 10.0 Å². The molecule has 1 rings (SSSR count). The second kappa shape index (κ2) is 5.71. The summed E-state index contributed by atoms with van der Waals surface area (Å²) < 4.78 is 26.5. The predicted octanol–water partition coefficient (Wildman–Crippen LogP) is 2.39. The van der Waals surface area contributed by atoms with Crippen molar-refractivity contribution in [1.29, 1.82) is 0 Å². The summed E-state index contributed by atoms with van der Waals surface area (Å²) in [6.07, 6.45) is 1.72. The van der Waals surface area contributed by atoms with E-state index in [-0.39, 0.29) is 16.6 Å². The van der Waals surface area contributed by atoms with Gasteiger partial charge in [0.1, 0.15) is 0 Å². The fourth-order valence-corrected chi connectivity index (χ4v) is 2.94. The van der Waals surface area contributed by atoms with Crippen molar-refractivity contribution in [2.75, 3.05) is 5.73 Å². The van der Waals surface area contributed by atoms with Crippen LogP contribution in [0.2, 0.25) is 5.02 Å². The molecule has 0 aromatic heterocycles. The van der Waals surface area contributed by atoms with Gasteiger partial charge in [-0.15, -0.1) is 0 Å². The minimum absolute atomic E-state index is 0.0955. The molecular weight excluding hydrogens is 260 g/mol. The summed E-state index contributed by atoms with van der Waals surface area (Å²) in [7, 11) is -3.51. The Bertz CT molecular complexity index is 488. The van der Waals surface area contributed by atoms with Crippen LogP contribution in [0.25, 0.3) is 0 Å². The fraction of sp³-hybridized carbons (Fsp3) is 0.455. The molecule has 0 bridgehead atoms. The SMILES string of the molecule is CCCC(C)NS(=O)(=O)c1ccc(Cl)c(N)c1. The average Bonchev–Trinajstić information content (AvgIpc) is 2.21. The molecule has 1 atom stereocenters. The molecule has 17 heavy (non-hydrogen) atoms. The number of rotatable bonds is 5. The maximum absolute atomic E-state index is 12.0. The van der Waals surface area contributed by atoms with E-state index in [1.165, 1.54) is 18.2 Å². The lowest BCUT2D eigenvalue weighted by Gasteiger charge is -2.13. The second-order valence-corrected chi connectivity index (χ2v) is 6.12. The number of anilines is 1. The van der Waals surface area contributed by atoms with Gasteiger partial charge in [0.2, 0.25) is 10.0 Å². The predicted molar refractivity (Wildman–Crippen MR) is 70.6 cm³/mol. The third-order valence-corrected chi connectivity index (χ3v) is 4.29. The average molecular weight is 277 g/mol. The van der Waals surface area contributed by atoms with Gasteiger partial charge in [-0.2, -0.15) is 0 Å². The van der Waals surface area contributed by atoms with Crippen LogP contribution in [0.1, 0.15) is 26.7 Å². The summed E-state index contributed by atoms with van der Waals surface area (Å²) in [5, 5.41) is 0.352. The van der Waals surface area contributed by atoms with Crippen molar-refractivity contribution in [2.24, 2.45) is 0 Å². The van der Waals surface area contributed by atoms with Gasteiger partial charge >= 0.3 is 0 Å². The van der Waals surface area contributed by atoms with E-state index in [4.69, 9.17) is 17.3 Å². The largest absolute Gasteiger partial charge is 0.397 e. The summed E-state index contributed by atoms with van der Waals surface area (Å²) in [5.41, 5.74) is 5.84. The first-order chi connectivity index (χ1) is 7.86. The molecule has 0 spiro atoms. The molecule has 1 unspecified atom stereocenters. The maximum atomic E-state index is 12.0. The third-order valence-electron chi connectivity index (χ3n) is 2.36. The van der Waals surface area contributed by atoms with E-state index in [9.17, 15) is 8.42 Å². The number of halogens is 1. The zero-order valence-electron chi connectivity index (χ0n) is 9.90. The van der Waals surface area contributed by atoms with Gasteiger partial charge in [-0.1, -0.05) is 24.9 Å². The molecule has 0 saturated heterocycles. The number of nitrogens with one attached hydrogen (secondary N) is 1. The summed E-state index contributed by atoms with van der Waals surface area (Å²) in [5.74, 6) is 0. The lowest BCUT2D eigenvalue weighted by Crippen LogP contribution is -2.32. The van der Waals surface area contributed by atoms with E-state index < -0.39 is 10.0 Å². The second-order valence-electron chi connectivity index (χ2n) is 3.99. The van der Waals surface area contributed by atoms with E-state index >= 15 is 0 Å². The van der Waals surface area contributed by atoms with Crippen LogP contribution >= 0.6 is 11.6 Å². The van der Waals surface area contributed by atoms with Gasteiger partial charge < -0.3 is 5.73 Å². The Balaban J connectivity index is 2.93. The highest BCUT2D eigenvalue weighted by atomic mass is 35.5. The topological polar surface area (TPSA) is 72.2 Å². The highest BCUT2D eigenvalue weighted by Crippen LogP contribution is 2.22. The molecule has 0 aliphatic carbocycles. The molecule has 0 fully saturated rings. The molecule has 0 aliphatic rings. The first-order valence-electron chi connectivity index (χ1n) is 5.44. The van der Waals surface area contributed by atoms with Crippen LogP contribution in [-0.4, -0.2) is 14.5 Å². The van der Waals surface area contributed by atoms with Crippen LogP contribution in [0.3, 0.4) is 0 Å². The van der Waals surface area contributed by atoms with Crippen molar-refractivity contribution in [1.82, 2.24) is 4.72 Å². The Hall–Kier alpha value is -0.780. The molecule has 0 amide bonds. The molecule has 0 saturated carbocycles. The molecule has 1 aromatic carbocycles. The normalized spacial score (nSPS) is 13.6. The highest BCUT2D eigenvalue weighted by Gasteiger charge is 2.17. The zero-order valence-corrected chi connectivity index (χ0v) is 11.5. The van der Waals surface area contributed by atoms with Crippen molar-refractivity contribution < 1.29 is 8.42 Å². The zero-order chi connectivity index (χ0) is 13.1. The lowest BCUT2D eigenvalue weighted by atomic mass is 10.2. The Morgan fingerprint density at radius 2 is 2.12 bits per heavy atom. The van der Waals surface area contributed by atoms with Crippen molar-refractivity contribution in [3.05, 3.63) is 23.2 Å². The molecule has 0 radical (unpaired) electrons. The van der Waals surface area contributed by atoms with E-state index in [1.54, 1.807) is 0 Å². The van der Waals surface area contributed by atoms with Gasteiger partial charge in [-0.25, -0.2) is 13.1 Å².